The number of nitrogens with one attached hydrogen (secondary N) is 1. The van der Waals surface area contributed by atoms with E-state index >= 15 is 0 Å². The average Bonchev–Trinajstić information content (AvgIpc) is 3.52. The number of nitrogens with zero attached hydrogens (tertiary/aromatic N) is 5. The Morgan fingerprint density at radius 3 is 2.40 bits per heavy atom. The van der Waals surface area contributed by atoms with Gasteiger partial charge >= 0.3 is 0 Å². The summed E-state index contributed by atoms with van der Waals surface area (Å²) >= 11 is 0. The Balaban J connectivity index is 1.76. The second-order valence-electron chi connectivity index (χ2n) is 8.51. The van der Waals surface area contributed by atoms with Crippen LogP contribution in [0, 0.1) is 6.92 Å². The van der Waals surface area contributed by atoms with Crippen LogP contribution in [0.1, 0.15) is 49.3 Å². The minimum Gasteiger partial charge on any atom is -0.494 e. The number of hydrogen-bond donors (Lipinski definition) is 1. The van der Waals surface area contributed by atoms with E-state index in [9.17, 15) is 8.42 Å². The van der Waals surface area contributed by atoms with E-state index in [1.807, 2.05) is 6.92 Å². The standard InChI is InChI=1S/C23H30N6O5S/c1-14-11-25-18(12-24-14)15(2)16(3)35(30,31)28-23-27-26-22(17-9-10-34-13-17)29(23)21-19(32-4)7-6-8-20(21)33-5/h6-8,11-12,15-17H,9-10,13H2,1-5H3,(H,27,28)/t15?,16?,17-/m1/s1. The van der Waals surface area contributed by atoms with Crippen LogP contribution < -0.4 is 14.2 Å². The summed E-state index contributed by atoms with van der Waals surface area (Å²) in [7, 11) is -0.827. The van der Waals surface area contributed by atoms with Crippen LogP contribution in [0.5, 0.6) is 11.5 Å². The summed E-state index contributed by atoms with van der Waals surface area (Å²) in [6, 6.07) is 5.33. The van der Waals surface area contributed by atoms with Crippen molar-refractivity contribution in [2.45, 2.75) is 44.3 Å². The molecule has 0 spiro atoms. The van der Waals surface area contributed by atoms with Crippen molar-refractivity contribution in [2.75, 3.05) is 32.2 Å². The minimum absolute atomic E-state index is 0.0451. The molecule has 1 aromatic carbocycles. The summed E-state index contributed by atoms with van der Waals surface area (Å²) in [5, 5.41) is 7.75. The number of hydrogen-bond acceptors (Lipinski definition) is 9. The molecule has 0 amide bonds. The van der Waals surface area contributed by atoms with Crippen LogP contribution in [0.25, 0.3) is 5.69 Å². The molecule has 0 bridgehead atoms. The normalized spacial score (nSPS) is 17.7. The number of sulfonamides is 1. The average molecular weight is 503 g/mol. The number of anilines is 1. The van der Waals surface area contributed by atoms with Gasteiger partial charge in [-0.3, -0.25) is 19.3 Å². The fourth-order valence-electron chi connectivity index (χ4n) is 4.00. The first-order chi connectivity index (χ1) is 16.8. The lowest BCUT2D eigenvalue weighted by atomic mass is 10.1. The number of rotatable bonds is 9. The molecular weight excluding hydrogens is 472 g/mol. The number of methoxy groups -OCH3 is 2. The summed E-state index contributed by atoms with van der Waals surface area (Å²) in [5.74, 6) is 1.11. The Kier molecular flexibility index (Phi) is 7.22. The molecule has 3 heterocycles. The molecule has 0 saturated carbocycles. The molecule has 2 aromatic heterocycles. The maximum absolute atomic E-state index is 13.5. The van der Waals surface area contributed by atoms with Crippen LogP contribution in [0.2, 0.25) is 0 Å². The third-order valence-corrected chi connectivity index (χ3v) is 8.16. The Morgan fingerprint density at radius 2 is 1.83 bits per heavy atom. The molecule has 0 aliphatic carbocycles. The highest BCUT2D eigenvalue weighted by Crippen LogP contribution is 2.38. The summed E-state index contributed by atoms with van der Waals surface area (Å²) in [6.45, 7) is 6.31. The zero-order valence-corrected chi connectivity index (χ0v) is 21.2. The van der Waals surface area contributed by atoms with Crippen LogP contribution in [-0.2, 0) is 14.8 Å². The lowest BCUT2D eigenvalue weighted by Gasteiger charge is -2.22. The molecule has 3 atom stereocenters. The highest BCUT2D eigenvalue weighted by molar-refractivity contribution is 7.93. The maximum Gasteiger partial charge on any atom is 0.243 e. The van der Waals surface area contributed by atoms with E-state index in [0.717, 1.165) is 12.1 Å². The number of aryl methyl sites for hydroxylation is 1. The Hall–Kier alpha value is -3.25. The van der Waals surface area contributed by atoms with E-state index in [4.69, 9.17) is 14.2 Å². The van der Waals surface area contributed by atoms with Crippen LogP contribution in [0.4, 0.5) is 5.95 Å². The van der Waals surface area contributed by atoms with Crippen LogP contribution in [-0.4, -0.2) is 65.8 Å². The fraction of sp³-hybridized carbons (Fsp3) is 0.478. The quantitative estimate of drug-likeness (QED) is 0.469. The molecule has 11 nitrogen and oxygen atoms in total. The largest absolute Gasteiger partial charge is 0.494 e. The smallest absolute Gasteiger partial charge is 0.243 e. The van der Waals surface area contributed by atoms with Gasteiger partial charge in [0.1, 0.15) is 23.0 Å². The molecule has 0 radical (unpaired) electrons. The van der Waals surface area contributed by atoms with Gasteiger partial charge in [0, 0.05) is 30.8 Å². The zero-order chi connectivity index (χ0) is 25.2. The van der Waals surface area contributed by atoms with Crippen molar-refractivity contribution in [3.05, 3.63) is 47.8 Å². The van der Waals surface area contributed by atoms with Crippen molar-refractivity contribution in [2.24, 2.45) is 0 Å². The van der Waals surface area contributed by atoms with E-state index in [1.54, 1.807) is 49.0 Å². The van der Waals surface area contributed by atoms with Crippen molar-refractivity contribution in [1.82, 2.24) is 24.7 Å². The van der Waals surface area contributed by atoms with E-state index in [-0.39, 0.29) is 11.9 Å². The summed E-state index contributed by atoms with van der Waals surface area (Å²) in [6.07, 6.45) is 3.97. The minimum atomic E-state index is -3.90. The number of aromatic nitrogens is 5. The molecule has 12 heteroatoms. The fourth-order valence-corrected chi connectivity index (χ4v) is 5.25. The predicted molar refractivity (Wildman–Crippen MR) is 130 cm³/mol. The van der Waals surface area contributed by atoms with Crippen LogP contribution >= 0.6 is 0 Å². The van der Waals surface area contributed by atoms with Crippen molar-refractivity contribution in [3.63, 3.8) is 0 Å². The Labute approximate surface area is 204 Å². The summed E-state index contributed by atoms with van der Waals surface area (Å²) < 4.78 is 48.0. The molecule has 1 N–H and O–H groups in total. The Morgan fingerprint density at radius 1 is 1.11 bits per heavy atom. The lowest BCUT2D eigenvalue weighted by molar-refractivity contribution is 0.193. The van der Waals surface area contributed by atoms with Gasteiger partial charge in [0.2, 0.25) is 16.0 Å². The van der Waals surface area contributed by atoms with Crippen molar-refractivity contribution >= 4 is 16.0 Å². The summed E-state index contributed by atoms with van der Waals surface area (Å²) in [5.41, 5.74) is 1.86. The van der Waals surface area contributed by atoms with Gasteiger partial charge in [0.05, 0.1) is 37.5 Å². The highest BCUT2D eigenvalue weighted by atomic mass is 32.2. The second-order valence-corrected chi connectivity index (χ2v) is 10.6. The van der Waals surface area contributed by atoms with Crippen molar-refractivity contribution < 1.29 is 22.6 Å². The van der Waals surface area contributed by atoms with Gasteiger partial charge in [0.25, 0.3) is 0 Å². The first kappa shape index (κ1) is 24.9. The van der Waals surface area contributed by atoms with E-state index in [1.165, 1.54) is 14.2 Å². The molecule has 3 aromatic rings. The predicted octanol–water partition coefficient (Wildman–Crippen LogP) is 2.82. The SMILES string of the molecule is COc1cccc(OC)c1-n1c(NS(=O)(=O)C(C)C(C)c2cnc(C)cn2)nnc1[C@@H]1CCOC1. The monoisotopic (exact) mass is 502 g/mol. The van der Waals surface area contributed by atoms with E-state index in [2.05, 4.69) is 24.9 Å². The number of benzene rings is 1. The van der Waals surface area contributed by atoms with Gasteiger partial charge in [-0.1, -0.05) is 13.0 Å². The molecule has 1 fully saturated rings. The van der Waals surface area contributed by atoms with Gasteiger partial charge in [-0.25, -0.2) is 8.42 Å². The van der Waals surface area contributed by atoms with Gasteiger partial charge < -0.3 is 14.2 Å². The molecule has 35 heavy (non-hydrogen) atoms. The van der Waals surface area contributed by atoms with Crippen molar-refractivity contribution in [3.8, 4) is 17.2 Å². The van der Waals surface area contributed by atoms with Crippen molar-refractivity contribution in [1.29, 1.82) is 0 Å². The van der Waals surface area contributed by atoms with Gasteiger partial charge in [-0.2, -0.15) is 0 Å². The van der Waals surface area contributed by atoms with Crippen LogP contribution in [0.3, 0.4) is 0 Å². The zero-order valence-electron chi connectivity index (χ0n) is 20.4. The number of ether oxygens (including phenoxy) is 3. The van der Waals surface area contributed by atoms with Gasteiger partial charge in [-0.05, 0) is 32.4 Å². The Bertz CT molecular complexity index is 1250. The molecule has 1 saturated heterocycles. The van der Waals surface area contributed by atoms with Crippen LogP contribution in [0.15, 0.2) is 30.6 Å². The molecule has 4 rings (SSSR count). The molecule has 1 aliphatic heterocycles. The van der Waals surface area contributed by atoms with E-state index in [0.29, 0.717) is 41.9 Å². The van der Waals surface area contributed by atoms with E-state index < -0.39 is 21.2 Å². The molecular formula is C23H30N6O5S. The number of para-hydroxylation sites is 1. The summed E-state index contributed by atoms with van der Waals surface area (Å²) in [4.78, 5) is 8.60. The molecule has 188 valence electrons. The topological polar surface area (TPSA) is 130 Å². The maximum atomic E-state index is 13.5. The lowest BCUT2D eigenvalue weighted by Crippen LogP contribution is -2.31. The highest BCUT2D eigenvalue weighted by Gasteiger charge is 2.33. The third-order valence-electron chi connectivity index (χ3n) is 6.30. The van der Waals surface area contributed by atoms with Gasteiger partial charge in [-0.15, -0.1) is 10.2 Å². The third kappa shape index (κ3) is 4.94. The first-order valence-electron chi connectivity index (χ1n) is 11.3. The first-order valence-corrected chi connectivity index (χ1v) is 12.9. The molecule has 1 aliphatic rings. The van der Waals surface area contributed by atoms with Gasteiger partial charge in [0.15, 0.2) is 0 Å². The second kappa shape index (κ2) is 10.2. The molecule has 2 unspecified atom stereocenters.